The molecule has 132 valence electrons. The highest BCUT2D eigenvalue weighted by molar-refractivity contribution is 7.92. The SMILES string of the molecule is COC(=O)Cn1cccc(NS(=O)(=O)c2ccc3c(c2)CCO3)c1=O. The Balaban J connectivity index is 1.90. The Morgan fingerprint density at radius 2 is 2.16 bits per heavy atom. The van der Waals surface area contributed by atoms with Crippen LogP contribution in [0.25, 0.3) is 0 Å². The van der Waals surface area contributed by atoms with Crippen LogP contribution in [0, 0.1) is 0 Å². The number of benzene rings is 1. The number of ether oxygens (including phenoxy) is 2. The Kier molecular flexibility index (Phi) is 4.49. The maximum atomic E-state index is 12.6. The molecule has 0 fully saturated rings. The summed E-state index contributed by atoms with van der Waals surface area (Å²) >= 11 is 0. The number of rotatable bonds is 5. The fourth-order valence-corrected chi connectivity index (χ4v) is 3.58. The van der Waals surface area contributed by atoms with Crippen molar-refractivity contribution >= 4 is 21.7 Å². The minimum Gasteiger partial charge on any atom is -0.493 e. The summed E-state index contributed by atoms with van der Waals surface area (Å²) in [5.74, 6) is 0.0554. The van der Waals surface area contributed by atoms with Gasteiger partial charge < -0.3 is 14.0 Å². The molecule has 9 heteroatoms. The van der Waals surface area contributed by atoms with Gasteiger partial charge in [-0.25, -0.2) is 8.42 Å². The minimum absolute atomic E-state index is 0.0412. The number of carbonyl (C=O) groups excluding carboxylic acids is 1. The van der Waals surface area contributed by atoms with Crippen LogP contribution >= 0.6 is 0 Å². The van der Waals surface area contributed by atoms with E-state index in [2.05, 4.69) is 9.46 Å². The van der Waals surface area contributed by atoms with Gasteiger partial charge in [-0.1, -0.05) is 0 Å². The molecule has 0 radical (unpaired) electrons. The van der Waals surface area contributed by atoms with Gasteiger partial charge in [-0.2, -0.15) is 0 Å². The second-order valence-electron chi connectivity index (χ2n) is 5.40. The van der Waals surface area contributed by atoms with Crippen LogP contribution < -0.4 is 15.0 Å². The number of esters is 1. The number of sulfonamides is 1. The Hall–Kier alpha value is -2.81. The second-order valence-corrected chi connectivity index (χ2v) is 7.09. The number of hydrogen-bond donors (Lipinski definition) is 1. The quantitative estimate of drug-likeness (QED) is 0.786. The van der Waals surface area contributed by atoms with Gasteiger partial charge in [0.2, 0.25) is 0 Å². The molecule has 0 atom stereocenters. The van der Waals surface area contributed by atoms with Crippen LogP contribution in [0.4, 0.5) is 5.69 Å². The van der Waals surface area contributed by atoms with Crippen molar-refractivity contribution in [3.63, 3.8) is 0 Å². The third kappa shape index (κ3) is 3.50. The fraction of sp³-hybridized carbons (Fsp3) is 0.250. The number of fused-ring (bicyclic) bond motifs is 1. The number of hydrogen-bond acceptors (Lipinski definition) is 6. The molecule has 2 heterocycles. The van der Waals surface area contributed by atoms with Crippen LogP contribution in [-0.4, -0.2) is 32.7 Å². The van der Waals surface area contributed by atoms with E-state index in [0.717, 1.165) is 10.1 Å². The highest BCUT2D eigenvalue weighted by Gasteiger charge is 2.20. The Morgan fingerprint density at radius 1 is 1.36 bits per heavy atom. The number of anilines is 1. The average Bonchev–Trinajstić information content (AvgIpc) is 3.06. The van der Waals surface area contributed by atoms with Crippen molar-refractivity contribution in [1.29, 1.82) is 0 Å². The summed E-state index contributed by atoms with van der Waals surface area (Å²) < 4.78 is 38.3. The molecule has 8 nitrogen and oxygen atoms in total. The molecule has 1 aliphatic heterocycles. The van der Waals surface area contributed by atoms with Gasteiger partial charge in [-0.05, 0) is 35.9 Å². The van der Waals surface area contributed by atoms with E-state index in [0.29, 0.717) is 18.8 Å². The molecule has 1 aromatic heterocycles. The van der Waals surface area contributed by atoms with Crippen molar-refractivity contribution in [2.45, 2.75) is 17.9 Å². The number of methoxy groups -OCH3 is 1. The smallest absolute Gasteiger partial charge is 0.325 e. The van der Waals surface area contributed by atoms with E-state index in [-0.39, 0.29) is 17.1 Å². The zero-order chi connectivity index (χ0) is 18.0. The van der Waals surface area contributed by atoms with Gasteiger partial charge in [0.05, 0.1) is 18.6 Å². The summed E-state index contributed by atoms with van der Waals surface area (Å²) in [4.78, 5) is 23.7. The number of carbonyl (C=O) groups is 1. The molecule has 1 aromatic carbocycles. The van der Waals surface area contributed by atoms with E-state index in [4.69, 9.17) is 4.74 Å². The largest absolute Gasteiger partial charge is 0.493 e. The van der Waals surface area contributed by atoms with E-state index in [9.17, 15) is 18.0 Å². The lowest BCUT2D eigenvalue weighted by molar-refractivity contribution is -0.141. The molecule has 3 rings (SSSR count). The first kappa shape index (κ1) is 17.0. The summed E-state index contributed by atoms with van der Waals surface area (Å²) in [7, 11) is -2.74. The summed E-state index contributed by atoms with van der Waals surface area (Å²) in [5.41, 5.74) is 0.0168. The van der Waals surface area contributed by atoms with Crippen LogP contribution in [0.3, 0.4) is 0 Å². The summed E-state index contributed by atoms with van der Waals surface area (Å²) in [6, 6.07) is 7.35. The third-order valence-corrected chi connectivity index (χ3v) is 5.13. The first-order chi connectivity index (χ1) is 11.9. The lowest BCUT2D eigenvalue weighted by Gasteiger charge is -2.10. The molecule has 1 aliphatic rings. The Labute approximate surface area is 144 Å². The monoisotopic (exact) mass is 364 g/mol. The molecule has 0 unspecified atom stereocenters. The molecular weight excluding hydrogens is 348 g/mol. The van der Waals surface area contributed by atoms with Gasteiger partial charge in [0, 0.05) is 12.6 Å². The molecule has 0 spiro atoms. The maximum Gasteiger partial charge on any atom is 0.325 e. The topological polar surface area (TPSA) is 104 Å². The molecule has 25 heavy (non-hydrogen) atoms. The van der Waals surface area contributed by atoms with Crippen LogP contribution in [0.2, 0.25) is 0 Å². The molecule has 0 aliphatic carbocycles. The molecular formula is C16H16N2O6S. The van der Waals surface area contributed by atoms with Gasteiger partial charge in [-0.15, -0.1) is 0 Å². The van der Waals surface area contributed by atoms with Crippen LogP contribution in [0.1, 0.15) is 5.56 Å². The van der Waals surface area contributed by atoms with Crippen molar-refractivity contribution in [3.8, 4) is 5.75 Å². The minimum atomic E-state index is -3.94. The summed E-state index contributed by atoms with van der Waals surface area (Å²) in [6.45, 7) is 0.213. The fourth-order valence-electron chi connectivity index (χ4n) is 2.48. The summed E-state index contributed by atoms with van der Waals surface area (Å²) in [6.07, 6.45) is 2.01. The lowest BCUT2D eigenvalue weighted by atomic mass is 10.2. The Bertz CT molecular complexity index is 980. The number of aromatic nitrogens is 1. The number of nitrogens with one attached hydrogen (secondary N) is 1. The van der Waals surface area contributed by atoms with Crippen LogP contribution in [0.5, 0.6) is 5.75 Å². The van der Waals surface area contributed by atoms with Crippen LogP contribution in [-0.2, 0) is 32.5 Å². The normalized spacial score (nSPS) is 13.0. The molecule has 0 saturated carbocycles. The highest BCUT2D eigenvalue weighted by Crippen LogP contribution is 2.28. The zero-order valence-corrected chi connectivity index (χ0v) is 14.2. The van der Waals surface area contributed by atoms with E-state index in [1.165, 1.54) is 37.6 Å². The standard InChI is InChI=1S/C16H16N2O6S/c1-23-15(19)10-18-7-2-3-13(16(18)20)17-25(21,22)12-4-5-14-11(9-12)6-8-24-14/h2-5,7,9,17H,6,8,10H2,1H3. The van der Waals surface area contributed by atoms with Crippen molar-refractivity contribution < 1.29 is 22.7 Å². The first-order valence-electron chi connectivity index (χ1n) is 7.45. The summed E-state index contributed by atoms with van der Waals surface area (Å²) in [5, 5.41) is 0. The Morgan fingerprint density at radius 3 is 2.92 bits per heavy atom. The molecule has 1 N–H and O–H groups in total. The van der Waals surface area contributed by atoms with Crippen molar-refractivity contribution in [1.82, 2.24) is 4.57 Å². The average molecular weight is 364 g/mol. The number of nitrogens with zero attached hydrogens (tertiary/aromatic N) is 1. The highest BCUT2D eigenvalue weighted by atomic mass is 32.2. The van der Waals surface area contributed by atoms with E-state index >= 15 is 0 Å². The second kappa shape index (κ2) is 6.60. The van der Waals surface area contributed by atoms with Crippen molar-refractivity contribution in [2.75, 3.05) is 18.4 Å². The van der Waals surface area contributed by atoms with E-state index in [1.54, 1.807) is 6.07 Å². The zero-order valence-electron chi connectivity index (χ0n) is 13.4. The molecule has 0 saturated heterocycles. The predicted molar refractivity (Wildman–Crippen MR) is 89.2 cm³/mol. The lowest BCUT2D eigenvalue weighted by Crippen LogP contribution is -2.28. The van der Waals surface area contributed by atoms with Gasteiger partial charge in [0.1, 0.15) is 18.0 Å². The van der Waals surface area contributed by atoms with Gasteiger partial charge >= 0.3 is 5.97 Å². The molecule has 0 amide bonds. The van der Waals surface area contributed by atoms with Crippen molar-refractivity contribution in [2.24, 2.45) is 0 Å². The number of pyridine rings is 1. The van der Waals surface area contributed by atoms with Crippen molar-refractivity contribution in [3.05, 3.63) is 52.4 Å². The first-order valence-corrected chi connectivity index (χ1v) is 8.94. The van der Waals surface area contributed by atoms with Gasteiger partial charge in [-0.3, -0.25) is 14.3 Å². The maximum absolute atomic E-state index is 12.6. The van der Waals surface area contributed by atoms with Gasteiger partial charge in [0.25, 0.3) is 15.6 Å². The molecule has 0 bridgehead atoms. The molecule has 2 aromatic rings. The van der Waals surface area contributed by atoms with Crippen LogP contribution in [0.15, 0.2) is 46.2 Å². The predicted octanol–water partition coefficient (Wildman–Crippen LogP) is 0.757. The van der Waals surface area contributed by atoms with E-state index in [1.807, 2.05) is 0 Å². The third-order valence-electron chi connectivity index (χ3n) is 3.76. The van der Waals surface area contributed by atoms with E-state index < -0.39 is 21.6 Å². The van der Waals surface area contributed by atoms with Gasteiger partial charge in [0.15, 0.2) is 0 Å².